The van der Waals surface area contributed by atoms with Gasteiger partial charge < -0.3 is 13.9 Å². The van der Waals surface area contributed by atoms with Gasteiger partial charge in [-0.3, -0.25) is 0 Å². The summed E-state index contributed by atoms with van der Waals surface area (Å²) in [4.78, 5) is 0. The molecule has 0 bridgehead atoms. The molecule has 0 fully saturated rings. The van der Waals surface area contributed by atoms with Crippen LogP contribution >= 0.6 is 0 Å². The summed E-state index contributed by atoms with van der Waals surface area (Å²) >= 11 is 0. The van der Waals surface area contributed by atoms with Crippen LogP contribution in [-0.4, -0.2) is 17.3 Å². The Hall–Kier alpha value is -3.33. The van der Waals surface area contributed by atoms with Crippen molar-refractivity contribution in [2.45, 2.75) is 13.0 Å². The van der Waals surface area contributed by atoms with Gasteiger partial charge in [0.1, 0.15) is 0 Å². The maximum absolute atomic E-state index is 8.94. The van der Waals surface area contributed by atoms with Crippen molar-refractivity contribution < 1.29 is 13.9 Å². The minimum Gasteiger partial charge on any atom is -0.493 e. The molecule has 0 aliphatic carbocycles. The molecule has 24 heavy (non-hydrogen) atoms. The monoisotopic (exact) mass is 321 g/mol. The summed E-state index contributed by atoms with van der Waals surface area (Å²) in [5, 5.41) is 17.0. The second kappa shape index (κ2) is 6.84. The number of benzene rings is 2. The maximum atomic E-state index is 8.94. The third-order valence-electron chi connectivity index (χ3n) is 3.41. The van der Waals surface area contributed by atoms with Crippen molar-refractivity contribution in [3.05, 3.63) is 60.0 Å². The van der Waals surface area contributed by atoms with Crippen molar-refractivity contribution in [1.82, 2.24) is 10.2 Å². The van der Waals surface area contributed by atoms with Crippen molar-refractivity contribution in [1.29, 1.82) is 5.26 Å². The van der Waals surface area contributed by atoms with Crippen molar-refractivity contribution >= 4 is 0 Å². The topological polar surface area (TPSA) is 81.2 Å². The van der Waals surface area contributed by atoms with Crippen LogP contribution in [0.5, 0.6) is 11.5 Å². The molecule has 0 saturated heterocycles. The van der Waals surface area contributed by atoms with E-state index in [1.165, 1.54) is 7.11 Å². The number of nitrogens with zero attached hydrogens (tertiary/aromatic N) is 3. The average Bonchev–Trinajstić information content (AvgIpc) is 3.13. The van der Waals surface area contributed by atoms with E-state index in [0.717, 1.165) is 5.56 Å². The fraction of sp³-hybridized carbons (Fsp3) is 0.167. The number of rotatable bonds is 5. The maximum Gasteiger partial charge on any atom is 0.257 e. The van der Waals surface area contributed by atoms with Crippen LogP contribution in [0.4, 0.5) is 0 Å². The number of hydrogen-bond donors (Lipinski definition) is 0. The SMILES string of the molecule is COc1cc(C#N)ccc1O[C@@H](C)c1nnc(-c2ccccc2)o1. The zero-order valence-electron chi connectivity index (χ0n) is 13.3. The molecule has 6 heteroatoms. The Bertz CT molecular complexity index is 869. The van der Waals surface area contributed by atoms with E-state index in [1.807, 2.05) is 30.3 Å². The lowest BCUT2D eigenvalue weighted by Gasteiger charge is -2.14. The van der Waals surface area contributed by atoms with Crippen LogP contribution in [0, 0.1) is 11.3 Å². The molecule has 3 aromatic rings. The predicted octanol–water partition coefficient (Wildman–Crippen LogP) is 3.76. The fourth-order valence-corrected chi connectivity index (χ4v) is 2.17. The van der Waals surface area contributed by atoms with Gasteiger partial charge in [0.05, 0.1) is 18.7 Å². The van der Waals surface area contributed by atoms with E-state index in [-0.39, 0.29) is 0 Å². The quantitative estimate of drug-likeness (QED) is 0.711. The molecule has 1 heterocycles. The Morgan fingerprint density at radius 2 is 1.88 bits per heavy atom. The Morgan fingerprint density at radius 1 is 1.08 bits per heavy atom. The van der Waals surface area contributed by atoms with E-state index in [2.05, 4.69) is 16.3 Å². The normalized spacial score (nSPS) is 11.5. The Kier molecular flexibility index (Phi) is 4.43. The molecule has 0 aliphatic heterocycles. The Balaban J connectivity index is 1.80. The molecule has 1 aromatic heterocycles. The van der Waals surface area contributed by atoms with Gasteiger partial charge in [0.2, 0.25) is 5.89 Å². The van der Waals surface area contributed by atoms with Gasteiger partial charge in [0.15, 0.2) is 17.6 Å². The minimum absolute atomic E-state index is 0.361. The number of nitriles is 1. The second-order valence-corrected chi connectivity index (χ2v) is 5.05. The van der Waals surface area contributed by atoms with Gasteiger partial charge in [-0.1, -0.05) is 18.2 Å². The van der Waals surface area contributed by atoms with Gasteiger partial charge in [0, 0.05) is 11.6 Å². The molecule has 120 valence electrons. The van der Waals surface area contributed by atoms with Crippen LogP contribution in [0.25, 0.3) is 11.5 Å². The van der Waals surface area contributed by atoms with Crippen LogP contribution < -0.4 is 9.47 Å². The van der Waals surface area contributed by atoms with E-state index in [1.54, 1.807) is 25.1 Å². The van der Waals surface area contributed by atoms with Gasteiger partial charge in [0.25, 0.3) is 5.89 Å². The predicted molar refractivity (Wildman–Crippen MR) is 86.5 cm³/mol. The molecular formula is C18H15N3O3. The van der Waals surface area contributed by atoms with Crippen LogP contribution in [-0.2, 0) is 0 Å². The molecule has 2 aromatic carbocycles. The van der Waals surface area contributed by atoms with Crippen LogP contribution in [0.2, 0.25) is 0 Å². The first-order valence-electron chi connectivity index (χ1n) is 7.35. The summed E-state index contributed by atoms with van der Waals surface area (Å²) in [7, 11) is 1.52. The molecule has 0 N–H and O–H groups in total. The third-order valence-corrected chi connectivity index (χ3v) is 3.41. The molecule has 0 radical (unpaired) electrons. The van der Waals surface area contributed by atoms with E-state index in [0.29, 0.717) is 28.8 Å². The second-order valence-electron chi connectivity index (χ2n) is 5.05. The van der Waals surface area contributed by atoms with Gasteiger partial charge in [-0.2, -0.15) is 5.26 Å². The zero-order chi connectivity index (χ0) is 16.9. The summed E-state index contributed by atoms with van der Waals surface area (Å²) < 4.78 is 16.8. The highest BCUT2D eigenvalue weighted by atomic mass is 16.5. The highest BCUT2D eigenvalue weighted by Crippen LogP contribution is 2.32. The molecule has 1 atom stereocenters. The zero-order valence-corrected chi connectivity index (χ0v) is 13.3. The average molecular weight is 321 g/mol. The highest BCUT2D eigenvalue weighted by Gasteiger charge is 2.18. The van der Waals surface area contributed by atoms with E-state index in [9.17, 15) is 0 Å². The summed E-state index contributed by atoms with van der Waals surface area (Å²) in [6.45, 7) is 1.81. The van der Waals surface area contributed by atoms with Crippen LogP contribution in [0.15, 0.2) is 52.9 Å². The summed E-state index contributed by atoms with van der Waals surface area (Å²) in [5.41, 5.74) is 1.34. The van der Waals surface area contributed by atoms with E-state index >= 15 is 0 Å². The first kappa shape index (κ1) is 15.6. The van der Waals surface area contributed by atoms with Gasteiger partial charge in [-0.25, -0.2) is 0 Å². The molecule has 0 amide bonds. The lowest BCUT2D eigenvalue weighted by molar-refractivity contribution is 0.182. The third kappa shape index (κ3) is 3.20. The number of hydrogen-bond acceptors (Lipinski definition) is 6. The molecule has 6 nitrogen and oxygen atoms in total. The van der Waals surface area contributed by atoms with Gasteiger partial charge >= 0.3 is 0 Å². The Morgan fingerprint density at radius 3 is 2.58 bits per heavy atom. The van der Waals surface area contributed by atoms with Crippen LogP contribution in [0.3, 0.4) is 0 Å². The van der Waals surface area contributed by atoms with Crippen LogP contribution in [0.1, 0.15) is 24.5 Å². The molecule has 0 spiro atoms. The van der Waals surface area contributed by atoms with Crippen molar-refractivity contribution in [2.75, 3.05) is 7.11 Å². The smallest absolute Gasteiger partial charge is 0.257 e. The summed E-state index contributed by atoms with van der Waals surface area (Å²) in [5.74, 6) is 1.78. The largest absolute Gasteiger partial charge is 0.493 e. The summed E-state index contributed by atoms with van der Waals surface area (Å²) in [6, 6.07) is 16.5. The summed E-state index contributed by atoms with van der Waals surface area (Å²) in [6.07, 6.45) is -0.461. The fourth-order valence-electron chi connectivity index (χ4n) is 2.17. The highest BCUT2D eigenvalue weighted by molar-refractivity contribution is 5.51. The molecule has 0 aliphatic rings. The number of ether oxygens (including phenoxy) is 2. The Labute approximate surface area is 139 Å². The van der Waals surface area contributed by atoms with E-state index in [4.69, 9.17) is 19.2 Å². The molecule has 0 unspecified atom stereocenters. The first-order valence-corrected chi connectivity index (χ1v) is 7.35. The van der Waals surface area contributed by atoms with Crippen molar-refractivity contribution in [3.8, 4) is 29.0 Å². The van der Waals surface area contributed by atoms with Gasteiger partial charge in [-0.15, -0.1) is 10.2 Å². The molecule has 3 rings (SSSR count). The first-order chi connectivity index (χ1) is 11.7. The van der Waals surface area contributed by atoms with Crippen molar-refractivity contribution in [2.24, 2.45) is 0 Å². The standard InChI is InChI=1S/C18H15N3O3/c1-12(23-15-9-8-13(11-19)10-16(15)22-2)17-20-21-18(24-17)14-6-4-3-5-7-14/h3-10,12H,1-2H3/t12-/m0/s1. The molecule has 0 saturated carbocycles. The number of methoxy groups -OCH3 is 1. The minimum atomic E-state index is -0.461. The molecular weight excluding hydrogens is 306 g/mol. The van der Waals surface area contributed by atoms with E-state index < -0.39 is 6.10 Å². The lowest BCUT2D eigenvalue weighted by Crippen LogP contribution is -2.04. The van der Waals surface area contributed by atoms with Crippen molar-refractivity contribution in [3.63, 3.8) is 0 Å². The number of aromatic nitrogens is 2. The van der Waals surface area contributed by atoms with Gasteiger partial charge in [-0.05, 0) is 31.2 Å². The lowest BCUT2D eigenvalue weighted by atomic mass is 10.2.